The lowest BCUT2D eigenvalue weighted by Gasteiger charge is -2.10. The minimum absolute atomic E-state index is 0.0259. The van der Waals surface area contributed by atoms with Crippen molar-refractivity contribution >= 4 is 11.6 Å². The average molecular weight is 236 g/mol. The molecule has 4 heteroatoms. The van der Waals surface area contributed by atoms with Gasteiger partial charge in [0.05, 0.1) is 13.2 Å². The number of benzene rings is 1. The highest BCUT2D eigenvalue weighted by molar-refractivity contribution is 5.92. The van der Waals surface area contributed by atoms with Gasteiger partial charge in [-0.05, 0) is 19.0 Å². The molecule has 0 aliphatic rings. The molecule has 1 amide bonds. The smallest absolute Gasteiger partial charge is 0.238 e. The molecular formula is C13H20N2O2. The largest absolute Gasteiger partial charge is 0.380 e. The summed E-state index contributed by atoms with van der Waals surface area (Å²) in [5, 5.41) is 5.94. The summed E-state index contributed by atoms with van der Waals surface area (Å²) < 4.78 is 5.08. The number of ether oxygens (including phenoxy) is 1. The molecule has 0 aromatic heterocycles. The monoisotopic (exact) mass is 236 g/mol. The van der Waals surface area contributed by atoms with Gasteiger partial charge in [-0.2, -0.15) is 0 Å². The van der Waals surface area contributed by atoms with Gasteiger partial charge in [-0.15, -0.1) is 0 Å². The van der Waals surface area contributed by atoms with Crippen LogP contribution in [0.25, 0.3) is 0 Å². The molecule has 0 atom stereocenters. The van der Waals surface area contributed by atoms with Crippen LogP contribution in [0.2, 0.25) is 0 Å². The normalized spacial score (nSPS) is 10.2. The Balaban J connectivity index is 2.52. The van der Waals surface area contributed by atoms with Crippen LogP contribution in [0, 0.1) is 0 Å². The highest BCUT2D eigenvalue weighted by Gasteiger charge is 2.05. The van der Waals surface area contributed by atoms with E-state index < -0.39 is 0 Å². The van der Waals surface area contributed by atoms with Crippen LogP contribution in [-0.4, -0.2) is 26.1 Å². The van der Waals surface area contributed by atoms with E-state index in [1.54, 1.807) is 7.11 Å². The Morgan fingerprint density at radius 1 is 1.35 bits per heavy atom. The summed E-state index contributed by atoms with van der Waals surface area (Å²) in [4.78, 5) is 11.6. The van der Waals surface area contributed by atoms with Gasteiger partial charge >= 0.3 is 0 Å². The summed E-state index contributed by atoms with van der Waals surface area (Å²) in [5.74, 6) is -0.0259. The van der Waals surface area contributed by atoms with Gasteiger partial charge in [0.25, 0.3) is 0 Å². The van der Waals surface area contributed by atoms with Gasteiger partial charge in [0.2, 0.25) is 5.91 Å². The summed E-state index contributed by atoms with van der Waals surface area (Å²) >= 11 is 0. The van der Waals surface area contributed by atoms with Crippen molar-refractivity contribution in [2.45, 2.75) is 20.0 Å². The molecule has 2 N–H and O–H groups in total. The van der Waals surface area contributed by atoms with Gasteiger partial charge in [-0.1, -0.05) is 25.1 Å². The second kappa shape index (κ2) is 7.81. The maximum atomic E-state index is 11.6. The Morgan fingerprint density at radius 2 is 2.12 bits per heavy atom. The van der Waals surface area contributed by atoms with Crippen LogP contribution in [0.15, 0.2) is 24.3 Å². The number of methoxy groups -OCH3 is 1. The molecule has 0 bridgehead atoms. The van der Waals surface area contributed by atoms with Gasteiger partial charge in [-0.25, -0.2) is 0 Å². The van der Waals surface area contributed by atoms with E-state index >= 15 is 0 Å². The number of nitrogens with one attached hydrogen (secondary N) is 2. The van der Waals surface area contributed by atoms with Gasteiger partial charge in [0.1, 0.15) is 0 Å². The average Bonchev–Trinajstić information content (AvgIpc) is 2.32. The molecule has 4 nitrogen and oxygen atoms in total. The first kappa shape index (κ1) is 13.7. The lowest BCUT2D eigenvalue weighted by Crippen LogP contribution is -2.28. The van der Waals surface area contributed by atoms with Crippen LogP contribution in [-0.2, 0) is 16.1 Å². The molecule has 1 aromatic carbocycles. The highest BCUT2D eigenvalue weighted by atomic mass is 16.5. The van der Waals surface area contributed by atoms with Crippen molar-refractivity contribution in [3.63, 3.8) is 0 Å². The summed E-state index contributed by atoms with van der Waals surface area (Å²) in [6, 6.07) is 7.65. The van der Waals surface area contributed by atoms with E-state index in [9.17, 15) is 4.79 Å². The molecule has 0 aliphatic carbocycles. The number of carbonyl (C=O) groups is 1. The quantitative estimate of drug-likeness (QED) is 0.709. The van der Waals surface area contributed by atoms with E-state index in [4.69, 9.17) is 4.74 Å². The Morgan fingerprint density at radius 3 is 2.82 bits per heavy atom. The predicted molar refractivity (Wildman–Crippen MR) is 68.9 cm³/mol. The van der Waals surface area contributed by atoms with E-state index in [0.717, 1.165) is 24.2 Å². The zero-order chi connectivity index (χ0) is 12.5. The van der Waals surface area contributed by atoms with Gasteiger partial charge < -0.3 is 15.4 Å². The second-order valence-electron chi connectivity index (χ2n) is 3.82. The number of para-hydroxylation sites is 1. The molecule has 1 aromatic rings. The molecule has 17 heavy (non-hydrogen) atoms. The second-order valence-corrected chi connectivity index (χ2v) is 3.82. The fourth-order valence-corrected chi connectivity index (χ4v) is 1.50. The lowest BCUT2D eigenvalue weighted by molar-refractivity contribution is -0.115. The van der Waals surface area contributed by atoms with Crippen LogP contribution >= 0.6 is 0 Å². The summed E-state index contributed by atoms with van der Waals surface area (Å²) in [6.45, 7) is 3.76. The minimum atomic E-state index is -0.0259. The summed E-state index contributed by atoms with van der Waals surface area (Å²) in [7, 11) is 1.64. The Labute approximate surface area is 102 Å². The zero-order valence-corrected chi connectivity index (χ0v) is 10.5. The van der Waals surface area contributed by atoms with Crippen molar-refractivity contribution in [1.82, 2.24) is 5.32 Å². The van der Waals surface area contributed by atoms with Crippen LogP contribution < -0.4 is 10.6 Å². The molecule has 0 saturated heterocycles. The van der Waals surface area contributed by atoms with E-state index in [-0.39, 0.29) is 5.91 Å². The van der Waals surface area contributed by atoms with Crippen LogP contribution in [0.4, 0.5) is 5.69 Å². The van der Waals surface area contributed by atoms with Crippen LogP contribution in [0.1, 0.15) is 18.9 Å². The highest BCUT2D eigenvalue weighted by Crippen LogP contribution is 2.15. The minimum Gasteiger partial charge on any atom is -0.380 e. The maximum Gasteiger partial charge on any atom is 0.238 e. The molecule has 0 fully saturated rings. The van der Waals surface area contributed by atoms with Crippen LogP contribution in [0.3, 0.4) is 0 Å². The van der Waals surface area contributed by atoms with E-state index in [2.05, 4.69) is 17.6 Å². The first-order valence-corrected chi connectivity index (χ1v) is 5.85. The SMILES string of the molecule is CCCNCC(=O)Nc1ccccc1COC. The fourth-order valence-electron chi connectivity index (χ4n) is 1.50. The molecule has 0 unspecified atom stereocenters. The van der Waals surface area contributed by atoms with E-state index in [0.29, 0.717) is 13.2 Å². The van der Waals surface area contributed by atoms with Gasteiger partial charge in [0, 0.05) is 18.4 Å². The standard InChI is InChI=1S/C13H20N2O2/c1-3-8-14-9-13(16)15-12-7-5-4-6-11(12)10-17-2/h4-7,14H,3,8-10H2,1-2H3,(H,15,16). The van der Waals surface area contributed by atoms with E-state index in [1.807, 2.05) is 24.3 Å². The molecular weight excluding hydrogens is 216 g/mol. The number of rotatable bonds is 7. The third-order valence-electron chi connectivity index (χ3n) is 2.30. The first-order chi connectivity index (χ1) is 8.27. The topological polar surface area (TPSA) is 50.4 Å². The lowest BCUT2D eigenvalue weighted by atomic mass is 10.2. The maximum absolute atomic E-state index is 11.6. The van der Waals surface area contributed by atoms with Crippen LogP contribution in [0.5, 0.6) is 0 Å². The number of anilines is 1. The van der Waals surface area contributed by atoms with Crippen molar-refractivity contribution in [1.29, 1.82) is 0 Å². The number of amides is 1. The van der Waals surface area contributed by atoms with Crippen molar-refractivity contribution in [3.8, 4) is 0 Å². The van der Waals surface area contributed by atoms with Crippen molar-refractivity contribution in [3.05, 3.63) is 29.8 Å². The van der Waals surface area contributed by atoms with Gasteiger partial charge in [-0.3, -0.25) is 4.79 Å². The third kappa shape index (κ3) is 4.97. The Bertz CT molecular complexity index is 353. The Kier molecular flexibility index (Phi) is 6.29. The molecule has 0 saturated carbocycles. The first-order valence-electron chi connectivity index (χ1n) is 5.85. The summed E-state index contributed by atoms with van der Waals surface area (Å²) in [5.41, 5.74) is 1.80. The molecule has 0 aliphatic heterocycles. The number of carbonyl (C=O) groups excluding carboxylic acids is 1. The van der Waals surface area contributed by atoms with Crippen molar-refractivity contribution in [2.75, 3.05) is 25.5 Å². The number of hydrogen-bond acceptors (Lipinski definition) is 3. The Hall–Kier alpha value is -1.39. The molecule has 94 valence electrons. The van der Waals surface area contributed by atoms with E-state index in [1.165, 1.54) is 0 Å². The van der Waals surface area contributed by atoms with Crippen molar-refractivity contribution in [2.24, 2.45) is 0 Å². The zero-order valence-electron chi connectivity index (χ0n) is 10.5. The molecule has 0 heterocycles. The predicted octanol–water partition coefficient (Wildman–Crippen LogP) is 1.77. The third-order valence-corrected chi connectivity index (χ3v) is 2.30. The van der Waals surface area contributed by atoms with Crippen molar-refractivity contribution < 1.29 is 9.53 Å². The van der Waals surface area contributed by atoms with Gasteiger partial charge in [0.15, 0.2) is 0 Å². The molecule has 0 radical (unpaired) electrons. The fraction of sp³-hybridized carbons (Fsp3) is 0.462. The summed E-state index contributed by atoms with van der Waals surface area (Å²) in [6.07, 6.45) is 1.02. The molecule has 1 rings (SSSR count). The number of hydrogen-bond donors (Lipinski definition) is 2. The molecule has 0 spiro atoms.